The molecule has 1 fully saturated rings. The molecule has 0 unspecified atom stereocenters. The van der Waals surface area contributed by atoms with Crippen LogP contribution in [0, 0.1) is 0 Å². The van der Waals surface area contributed by atoms with Crippen LogP contribution in [0.1, 0.15) is 43.6 Å². The van der Waals surface area contributed by atoms with Crippen LogP contribution in [-0.4, -0.2) is 4.57 Å². The summed E-state index contributed by atoms with van der Waals surface area (Å²) in [7, 11) is 2.23. The molecule has 6 rings (SSSR count). The SMILES string of the molecule is Cn1c2cc(C3CCCCC3)ccc2c2cc3c(cc21)sc1ccccc13. The smallest absolute Gasteiger partial charge is 0.0503 e. The molecular formula is C25H23NS. The number of hydrogen-bond acceptors (Lipinski definition) is 1. The molecule has 134 valence electrons. The third-order valence-electron chi connectivity index (χ3n) is 6.61. The van der Waals surface area contributed by atoms with Crippen molar-refractivity contribution in [2.45, 2.75) is 38.0 Å². The number of aryl methyl sites for hydroxylation is 1. The monoisotopic (exact) mass is 369 g/mol. The van der Waals surface area contributed by atoms with Crippen LogP contribution in [0.15, 0.2) is 54.6 Å². The van der Waals surface area contributed by atoms with Crippen molar-refractivity contribution >= 4 is 53.3 Å². The molecule has 0 amide bonds. The third-order valence-corrected chi connectivity index (χ3v) is 7.74. The zero-order valence-electron chi connectivity index (χ0n) is 15.7. The second-order valence-electron chi connectivity index (χ2n) is 8.13. The lowest BCUT2D eigenvalue weighted by atomic mass is 9.84. The molecule has 5 aromatic rings. The van der Waals surface area contributed by atoms with Crippen molar-refractivity contribution in [1.82, 2.24) is 4.57 Å². The van der Waals surface area contributed by atoms with Crippen LogP contribution in [0.2, 0.25) is 0 Å². The molecule has 2 aromatic heterocycles. The number of benzene rings is 3. The standard InChI is InChI=1S/C25H23NS/c1-26-22-13-17(16-7-3-2-4-8-16)11-12-18(22)20-14-21-19-9-5-6-10-24(19)27-25(21)15-23(20)26/h5-6,9-16H,2-4,7-8H2,1H3. The van der Waals surface area contributed by atoms with Gasteiger partial charge in [-0.25, -0.2) is 0 Å². The van der Waals surface area contributed by atoms with E-state index in [0.29, 0.717) is 0 Å². The molecule has 0 spiro atoms. The Hall–Kier alpha value is -2.32. The van der Waals surface area contributed by atoms with E-state index in [0.717, 1.165) is 5.92 Å². The maximum Gasteiger partial charge on any atom is 0.0503 e. The van der Waals surface area contributed by atoms with Crippen LogP contribution in [0.4, 0.5) is 0 Å². The highest BCUT2D eigenvalue weighted by Gasteiger charge is 2.18. The predicted molar refractivity (Wildman–Crippen MR) is 119 cm³/mol. The van der Waals surface area contributed by atoms with Gasteiger partial charge in [-0.1, -0.05) is 49.6 Å². The Morgan fingerprint density at radius 1 is 0.741 bits per heavy atom. The van der Waals surface area contributed by atoms with Crippen LogP contribution in [0.3, 0.4) is 0 Å². The molecule has 0 N–H and O–H groups in total. The molecular weight excluding hydrogens is 346 g/mol. The van der Waals surface area contributed by atoms with E-state index in [1.54, 1.807) is 5.56 Å². The molecule has 0 bridgehead atoms. The van der Waals surface area contributed by atoms with E-state index in [4.69, 9.17) is 0 Å². The summed E-state index contributed by atoms with van der Waals surface area (Å²) < 4.78 is 5.18. The summed E-state index contributed by atoms with van der Waals surface area (Å²) in [5.41, 5.74) is 4.28. The summed E-state index contributed by atoms with van der Waals surface area (Å²) in [6.45, 7) is 0. The molecule has 1 aliphatic rings. The first-order valence-corrected chi connectivity index (χ1v) is 10.9. The van der Waals surface area contributed by atoms with Gasteiger partial charge in [0.15, 0.2) is 0 Å². The molecule has 27 heavy (non-hydrogen) atoms. The molecule has 2 heterocycles. The fourth-order valence-corrected chi connectivity index (χ4v) is 6.25. The molecule has 0 radical (unpaired) electrons. The average molecular weight is 370 g/mol. The van der Waals surface area contributed by atoms with Crippen molar-refractivity contribution in [2.24, 2.45) is 7.05 Å². The van der Waals surface area contributed by atoms with Gasteiger partial charge in [0.25, 0.3) is 0 Å². The highest BCUT2D eigenvalue weighted by atomic mass is 32.1. The maximum atomic E-state index is 2.47. The van der Waals surface area contributed by atoms with Gasteiger partial charge in [0.1, 0.15) is 0 Å². The second-order valence-corrected chi connectivity index (χ2v) is 9.22. The summed E-state index contributed by atoms with van der Waals surface area (Å²) in [4.78, 5) is 0. The summed E-state index contributed by atoms with van der Waals surface area (Å²) >= 11 is 1.91. The minimum atomic E-state index is 0.758. The fourth-order valence-electron chi connectivity index (χ4n) is 5.13. The van der Waals surface area contributed by atoms with Crippen molar-refractivity contribution in [1.29, 1.82) is 0 Å². The highest BCUT2D eigenvalue weighted by Crippen LogP contribution is 2.40. The van der Waals surface area contributed by atoms with Crippen molar-refractivity contribution in [3.05, 3.63) is 60.2 Å². The fraction of sp³-hybridized carbons (Fsp3) is 0.280. The Morgan fingerprint density at radius 2 is 1.56 bits per heavy atom. The van der Waals surface area contributed by atoms with E-state index in [-0.39, 0.29) is 0 Å². The van der Waals surface area contributed by atoms with Crippen LogP contribution in [-0.2, 0) is 7.05 Å². The summed E-state index contributed by atoms with van der Waals surface area (Å²) in [6, 6.07) is 20.8. The number of fused-ring (bicyclic) bond motifs is 6. The van der Waals surface area contributed by atoms with E-state index in [1.807, 2.05) is 11.3 Å². The van der Waals surface area contributed by atoms with E-state index in [2.05, 4.69) is 66.2 Å². The number of thiophene rings is 1. The number of nitrogens with zero attached hydrogens (tertiary/aromatic N) is 1. The van der Waals surface area contributed by atoms with Gasteiger partial charge in [0.05, 0.1) is 5.52 Å². The molecule has 0 aliphatic heterocycles. The van der Waals surface area contributed by atoms with Gasteiger partial charge in [-0.15, -0.1) is 11.3 Å². The minimum absolute atomic E-state index is 0.758. The quantitative estimate of drug-likeness (QED) is 0.285. The maximum absolute atomic E-state index is 2.47. The lowest BCUT2D eigenvalue weighted by molar-refractivity contribution is 0.444. The van der Waals surface area contributed by atoms with Gasteiger partial charge in [-0.2, -0.15) is 0 Å². The number of hydrogen-bond donors (Lipinski definition) is 0. The lowest BCUT2D eigenvalue weighted by Crippen LogP contribution is -2.04. The second kappa shape index (κ2) is 5.84. The third kappa shape index (κ3) is 2.29. The highest BCUT2D eigenvalue weighted by molar-refractivity contribution is 7.25. The lowest BCUT2D eigenvalue weighted by Gasteiger charge is -2.22. The first-order valence-electron chi connectivity index (χ1n) is 10.1. The number of rotatable bonds is 1. The van der Waals surface area contributed by atoms with Crippen LogP contribution in [0.5, 0.6) is 0 Å². The van der Waals surface area contributed by atoms with Gasteiger partial charge < -0.3 is 4.57 Å². The number of aromatic nitrogens is 1. The Bertz CT molecular complexity index is 1310. The first kappa shape index (κ1) is 15.7. The average Bonchev–Trinajstić information content (AvgIpc) is 3.22. The van der Waals surface area contributed by atoms with Crippen LogP contribution < -0.4 is 0 Å². The minimum Gasteiger partial charge on any atom is -0.344 e. The van der Waals surface area contributed by atoms with Crippen molar-refractivity contribution < 1.29 is 0 Å². The molecule has 0 atom stereocenters. The zero-order valence-corrected chi connectivity index (χ0v) is 16.5. The van der Waals surface area contributed by atoms with Gasteiger partial charge in [0, 0.05) is 43.5 Å². The van der Waals surface area contributed by atoms with Gasteiger partial charge in [-0.05, 0) is 48.6 Å². The van der Waals surface area contributed by atoms with Crippen molar-refractivity contribution in [3.8, 4) is 0 Å². The summed E-state index contributed by atoms with van der Waals surface area (Å²) in [5.74, 6) is 0.758. The summed E-state index contributed by atoms with van der Waals surface area (Å²) in [6.07, 6.45) is 6.91. The van der Waals surface area contributed by atoms with Crippen LogP contribution in [0.25, 0.3) is 42.0 Å². The van der Waals surface area contributed by atoms with Crippen molar-refractivity contribution in [2.75, 3.05) is 0 Å². The molecule has 2 heteroatoms. The zero-order chi connectivity index (χ0) is 18.0. The Morgan fingerprint density at radius 3 is 2.44 bits per heavy atom. The van der Waals surface area contributed by atoms with E-state index in [9.17, 15) is 0 Å². The molecule has 0 saturated heterocycles. The Kier molecular flexibility index (Phi) is 3.40. The topological polar surface area (TPSA) is 4.93 Å². The Labute approximate surface area is 163 Å². The molecule has 1 saturated carbocycles. The van der Waals surface area contributed by atoms with Gasteiger partial charge >= 0.3 is 0 Å². The molecule has 1 nitrogen and oxygen atoms in total. The van der Waals surface area contributed by atoms with Gasteiger partial charge in [0.2, 0.25) is 0 Å². The molecule has 1 aliphatic carbocycles. The normalized spacial score (nSPS) is 16.2. The largest absolute Gasteiger partial charge is 0.344 e. The predicted octanol–water partition coefficient (Wildman–Crippen LogP) is 7.75. The van der Waals surface area contributed by atoms with E-state index >= 15 is 0 Å². The molecule has 3 aromatic carbocycles. The van der Waals surface area contributed by atoms with Crippen molar-refractivity contribution in [3.63, 3.8) is 0 Å². The van der Waals surface area contributed by atoms with Gasteiger partial charge in [-0.3, -0.25) is 0 Å². The van der Waals surface area contributed by atoms with E-state index in [1.165, 1.54) is 74.1 Å². The summed E-state index contributed by atoms with van der Waals surface area (Å²) in [5, 5.41) is 5.56. The Balaban J connectivity index is 1.62. The van der Waals surface area contributed by atoms with Crippen LogP contribution >= 0.6 is 11.3 Å². The first-order chi connectivity index (χ1) is 13.3. The van der Waals surface area contributed by atoms with E-state index < -0.39 is 0 Å².